The number of phosphoric acid groups is 1. The molecule has 2 aromatic carbocycles. The molecule has 5 aliphatic rings. The molecule has 2 aromatic rings. The largest absolute Gasteiger partial charge is 0.469 e. The molecule has 1 unspecified atom stereocenters. The van der Waals surface area contributed by atoms with Crippen molar-refractivity contribution in [1.82, 2.24) is 36.4 Å². The van der Waals surface area contributed by atoms with Gasteiger partial charge in [-0.05, 0) is 70.1 Å². The monoisotopic (exact) mass is 1200 g/mol. The third-order valence-corrected chi connectivity index (χ3v) is 16.6. The summed E-state index contributed by atoms with van der Waals surface area (Å²) in [5, 5.41) is 26.0. The standard InChI is InChI=1S/C57H74N9O16PS/c1-56(2)38-16-7-9-18-42(38)63(5)45(56)32-36-51(37(52(36)71)33-46-57(3,4)39-17-8-10-19-43(39)64(46)6)65-28-15-20-44(65)55(74)62-41(35-84-82-81-75)54(73)60-26-14-12-22-48(68)61-40(34-80-83(76,77)78)53(72)59-25-13-11-21-47(67)58-27-30-79-31-29-66-49(69)23-24-50(66)70/h7-10,16-19,23-24,32-33,40-41,44H,11-15,20-22,25-31,34-35H2,1-6H3,(H7-,58,59,60,61,62,67,68,72,73,74,75,76,77,78)/p+1/t40?,41-,44+/m0/s1. The minimum absolute atomic E-state index is 0.0414. The average molecular weight is 1210 g/mol. The number of para-hydroxylation sites is 2. The predicted molar refractivity (Wildman–Crippen MR) is 309 cm³/mol. The van der Waals surface area contributed by atoms with Crippen molar-refractivity contribution in [1.29, 1.82) is 0 Å². The summed E-state index contributed by atoms with van der Waals surface area (Å²) in [7, 11) is -1.08. The molecule has 0 aromatic heterocycles. The number of imide groups is 1. The molecule has 27 heteroatoms. The maximum absolute atomic E-state index is 14.7. The van der Waals surface area contributed by atoms with Gasteiger partial charge in [-0.3, -0.25) is 47.8 Å². The Bertz CT molecular complexity index is 3060. The molecule has 3 atom stereocenters. The van der Waals surface area contributed by atoms with Gasteiger partial charge in [0.15, 0.2) is 11.5 Å². The van der Waals surface area contributed by atoms with E-state index < -0.39 is 78.8 Å². The van der Waals surface area contributed by atoms with Crippen LogP contribution in [0.15, 0.2) is 95.4 Å². The summed E-state index contributed by atoms with van der Waals surface area (Å²) in [5.74, 6) is -3.98. The highest BCUT2D eigenvalue weighted by atomic mass is 32.2. The second-order valence-electron chi connectivity index (χ2n) is 21.8. The molecule has 25 nitrogen and oxygen atoms in total. The van der Waals surface area contributed by atoms with Gasteiger partial charge in [0.05, 0.1) is 48.8 Å². The molecule has 0 bridgehead atoms. The number of likely N-dealkylation sites (N-methyl/N-ethyl adjacent to an activating group) is 1. The van der Waals surface area contributed by atoms with E-state index in [0.29, 0.717) is 61.1 Å². The van der Waals surface area contributed by atoms with Gasteiger partial charge < -0.3 is 50.9 Å². The molecule has 8 N–H and O–H groups in total. The number of hydrogen-bond acceptors (Lipinski definition) is 17. The maximum atomic E-state index is 14.7. The third kappa shape index (κ3) is 15.7. The molecule has 4 heterocycles. The van der Waals surface area contributed by atoms with E-state index in [4.69, 9.17) is 9.99 Å². The van der Waals surface area contributed by atoms with E-state index in [1.807, 2.05) is 67.5 Å². The van der Waals surface area contributed by atoms with Crippen molar-refractivity contribution in [3.63, 3.8) is 0 Å². The number of fused-ring (bicyclic) bond motifs is 2. The lowest BCUT2D eigenvalue weighted by atomic mass is 9.76. The van der Waals surface area contributed by atoms with E-state index in [1.165, 1.54) is 12.2 Å². The lowest BCUT2D eigenvalue weighted by Gasteiger charge is -2.37. The number of Topliss-reactive ketones (excluding diaryl/α,β-unsaturated/α-hetero) is 1. The number of ether oxygens (including phenoxy) is 1. The summed E-state index contributed by atoms with van der Waals surface area (Å²) in [4.78, 5) is 128. The minimum Gasteiger partial charge on any atom is -0.378 e. The van der Waals surface area contributed by atoms with Crippen molar-refractivity contribution in [2.45, 2.75) is 108 Å². The number of rotatable bonds is 31. The fourth-order valence-electron chi connectivity index (χ4n) is 11.1. The second kappa shape index (κ2) is 28.8. The number of allylic oxidation sites excluding steroid dienone is 5. The normalized spacial score (nSPS) is 19.5. The number of anilines is 1. The summed E-state index contributed by atoms with van der Waals surface area (Å²) < 4.78 is 28.1. The van der Waals surface area contributed by atoms with E-state index >= 15 is 0 Å². The van der Waals surface area contributed by atoms with Crippen LogP contribution in [0.3, 0.4) is 0 Å². The number of hydrogen-bond donors (Lipinski definition) is 8. The lowest BCUT2D eigenvalue weighted by molar-refractivity contribution is -0.432. The molecular weight excluding hydrogens is 1130 g/mol. The quantitative estimate of drug-likeness (QED) is 0.00786. The van der Waals surface area contributed by atoms with Crippen LogP contribution in [-0.2, 0) is 72.4 Å². The van der Waals surface area contributed by atoms with Crippen LogP contribution in [0.1, 0.15) is 90.2 Å². The van der Waals surface area contributed by atoms with E-state index in [-0.39, 0.29) is 82.5 Å². The summed E-state index contributed by atoms with van der Waals surface area (Å²) in [6, 6.07) is 12.7. The molecule has 454 valence electrons. The Labute approximate surface area is 491 Å². The topological polar surface area (TPSA) is 324 Å². The van der Waals surface area contributed by atoms with Gasteiger partial charge in [-0.15, -0.1) is 4.33 Å². The highest BCUT2D eigenvalue weighted by molar-refractivity contribution is 7.94. The first-order valence-corrected chi connectivity index (χ1v) is 30.3. The number of amides is 7. The molecule has 0 radical (unpaired) electrons. The number of nitrogens with one attached hydrogen (secondary N) is 5. The lowest BCUT2D eigenvalue weighted by Crippen LogP contribution is -2.54. The molecule has 7 amide bonds. The van der Waals surface area contributed by atoms with Crippen molar-refractivity contribution >= 4 is 84.1 Å². The van der Waals surface area contributed by atoms with Gasteiger partial charge >= 0.3 is 7.82 Å². The number of benzene rings is 2. The number of ketones is 1. The molecule has 1 aliphatic carbocycles. The SMILES string of the molecule is CN1/C(=C/C2=C(N3CCC[C@@H]3C(=O)N[C@@H](CSOOO)C(=O)NCCCCC(=O)NC(COP(=O)(O)O)C(=O)NCCCCC(=O)NCCOCCN3C(=O)C=CC3=O)C(=C/C3=[N+](C)c4ccccc4C3(C)C)/C2=O)C(C)(C)c2ccccc21. The molecule has 0 spiro atoms. The van der Waals surface area contributed by atoms with Crippen LogP contribution in [0.25, 0.3) is 0 Å². The van der Waals surface area contributed by atoms with Crippen LogP contribution in [-0.4, -0.2) is 173 Å². The predicted octanol–water partition coefficient (Wildman–Crippen LogP) is 3.01. The highest BCUT2D eigenvalue weighted by Gasteiger charge is 2.49. The van der Waals surface area contributed by atoms with E-state index in [9.17, 15) is 52.7 Å². The molecular formula is C57H75N9O16PS+. The zero-order valence-corrected chi connectivity index (χ0v) is 49.7. The summed E-state index contributed by atoms with van der Waals surface area (Å²) in [6.45, 7) is 8.72. The molecule has 84 heavy (non-hydrogen) atoms. The van der Waals surface area contributed by atoms with Gasteiger partial charge in [0.25, 0.3) is 11.8 Å². The molecule has 1 saturated heterocycles. The highest BCUT2D eigenvalue weighted by Crippen LogP contribution is 2.49. The maximum Gasteiger partial charge on any atom is 0.469 e. The second-order valence-corrected chi connectivity index (χ2v) is 23.8. The Balaban J connectivity index is 0.921. The van der Waals surface area contributed by atoms with Crippen molar-refractivity contribution in [3.05, 3.63) is 107 Å². The first-order chi connectivity index (χ1) is 40.0. The Hall–Kier alpha value is -6.87. The van der Waals surface area contributed by atoms with Gasteiger partial charge in [0.1, 0.15) is 25.2 Å². The van der Waals surface area contributed by atoms with Gasteiger partial charge in [0, 0.05) is 110 Å². The van der Waals surface area contributed by atoms with Crippen LogP contribution in [0.2, 0.25) is 0 Å². The first-order valence-electron chi connectivity index (χ1n) is 27.8. The van der Waals surface area contributed by atoms with Gasteiger partial charge in [0.2, 0.25) is 35.2 Å². The van der Waals surface area contributed by atoms with Gasteiger partial charge in [-0.2, -0.15) is 4.58 Å². The van der Waals surface area contributed by atoms with E-state index in [1.54, 1.807) is 0 Å². The number of carbonyl (C=O) groups is 8. The molecule has 4 aliphatic heterocycles. The van der Waals surface area contributed by atoms with Crippen molar-refractivity contribution < 1.29 is 81.2 Å². The Morgan fingerprint density at radius 1 is 0.810 bits per heavy atom. The third-order valence-electron chi connectivity index (χ3n) is 15.5. The smallest absolute Gasteiger partial charge is 0.378 e. The van der Waals surface area contributed by atoms with Crippen LogP contribution in [0.5, 0.6) is 0 Å². The molecule has 0 saturated carbocycles. The average Bonchev–Trinajstić information content (AvgIpc) is 1.89. The van der Waals surface area contributed by atoms with E-state index in [0.717, 1.165) is 38.8 Å². The Kier molecular flexibility index (Phi) is 22.2. The number of nitrogens with zero attached hydrogens (tertiary/aromatic N) is 4. The number of likely N-dealkylation sites (tertiary alicyclic amines) is 1. The van der Waals surface area contributed by atoms with Gasteiger partial charge in [-0.25, -0.2) is 9.82 Å². The Morgan fingerprint density at radius 2 is 1.45 bits per heavy atom. The van der Waals surface area contributed by atoms with Crippen LogP contribution < -0.4 is 31.5 Å². The van der Waals surface area contributed by atoms with Crippen LogP contribution in [0, 0.1) is 0 Å². The first kappa shape index (κ1) is 64.7. The van der Waals surface area contributed by atoms with Crippen LogP contribution >= 0.6 is 19.9 Å². The van der Waals surface area contributed by atoms with Crippen LogP contribution in [0.4, 0.5) is 11.4 Å². The zero-order valence-electron chi connectivity index (χ0n) is 48.0. The number of phosphoric ester groups is 1. The van der Waals surface area contributed by atoms with Crippen molar-refractivity contribution in [2.75, 3.05) is 77.3 Å². The number of unbranched alkanes of at least 4 members (excludes halogenated alkanes) is 2. The fourth-order valence-corrected chi connectivity index (χ4v) is 11.9. The number of carbonyl (C=O) groups excluding carboxylic acids is 8. The van der Waals surface area contributed by atoms with Gasteiger partial charge in [-0.1, -0.05) is 55.3 Å². The fraction of sp³-hybridized carbons (Fsp3) is 0.491. The molecule has 7 rings (SSSR count). The zero-order chi connectivity index (χ0) is 60.9. The summed E-state index contributed by atoms with van der Waals surface area (Å²) in [5.41, 5.74) is 6.78. The van der Waals surface area contributed by atoms with E-state index in [2.05, 4.69) is 89.8 Å². The van der Waals surface area contributed by atoms with Crippen molar-refractivity contribution in [3.8, 4) is 0 Å². The van der Waals surface area contributed by atoms with Crippen molar-refractivity contribution in [2.24, 2.45) is 0 Å². The minimum atomic E-state index is -5.04. The Morgan fingerprint density at radius 3 is 2.11 bits per heavy atom. The molecule has 1 fully saturated rings. The summed E-state index contributed by atoms with van der Waals surface area (Å²) in [6.07, 6.45) is 8.36. The summed E-state index contributed by atoms with van der Waals surface area (Å²) >= 11 is 0.574.